The first kappa shape index (κ1) is 43.3. The number of hydrogen-bond acceptors (Lipinski definition) is 6. The molecule has 1 atom stereocenters. The molecule has 0 aromatic rings. The topological polar surface area (TPSA) is 119 Å². The first-order valence-electron chi connectivity index (χ1n) is 17.8. The lowest BCUT2D eigenvalue weighted by molar-refractivity contribution is -0.161. The summed E-state index contributed by atoms with van der Waals surface area (Å²) in [6, 6.07) is 0. The monoisotopic (exact) mass is 656 g/mol. The number of hydrogen-bond donors (Lipinski definition) is 2. The minimum atomic E-state index is -4.75. The van der Waals surface area contributed by atoms with E-state index in [1.165, 1.54) is 44.9 Å². The average molecular weight is 657 g/mol. The maximum absolute atomic E-state index is 12.3. The standard InChI is InChI=1S/C36H65O8P/c1-3-5-7-9-11-13-15-17-19-21-23-25-27-29-31-36(38)44-34(33-43-45(39,40)41)32-42-35(37)30-28-26-24-22-20-18-16-14-12-10-8-6-4-2/h9,11,14-17,34H,3-8,10,12-13,18-33H2,1-2H3,(H2,39,40,41)/b11-9-,16-14-,17-15-/t34-/m1/s1. The summed E-state index contributed by atoms with van der Waals surface area (Å²) < 4.78 is 26.2. The number of esters is 2. The van der Waals surface area contributed by atoms with Gasteiger partial charge in [-0.1, -0.05) is 121 Å². The van der Waals surface area contributed by atoms with Gasteiger partial charge in [-0.3, -0.25) is 14.1 Å². The van der Waals surface area contributed by atoms with Crippen LogP contribution < -0.4 is 0 Å². The number of unbranched alkanes of at least 4 members (excludes halogenated alkanes) is 16. The van der Waals surface area contributed by atoms with E-state index in [-0.39, 0.29) is 19.4 Å². The van der Waals surface area contributed by atoms with Gasteiger partial charge in [-0.15, -0.1) is 0 Å². The molecule has 0 amide bonds. The van der Waals surface area contributed by atoms with Crippen molar-refractivity contribution in [3.8, 4) is 0 Å². The van der Waals surface area contributed by atoms with E-state index in [1.807, 2.05) is 0 Å². The molecule has 0 aliphatic rings. The van der Waals surface area contributed by atoms with Crippen LogP contribution in [0.1, 0.15) is 162 Å². The molecule has 0 spiro atoms. The van der Waals surface area contributed by atoms with Crippen LogP contribution in [0.4, 0.5) is 0 Å². The van der Waals surface area contributed by atoms with Crippen LogP contribution >= 0.6 is 7.82 Å². The Balaban J connectivity index is 4.04. The smallest absolute Gasteiger partial charge is 0.462 e. The Kier molecular flexibility index (Phi) is 31.0. The van der Waals surface area contributed by atoms with Crippen LogP contribution in [0.25, 0.3) is 0 Å². The van der Waals surface area contributed by atoms with Crippen molar-refractivity contribution in [3.05, 3.63) is 36.5 Å². The van der Waals surface area contributed by atoms with Crippen molar-refractivity contribution in [2.45, 2.75) is 168 Å². The van der Waals surface area contributed by atoms with Gasteiger partial charge in [0.1, 0.15) is 6.61 Å². The summed E-state index contributed by atoms with van der Waals surface area (Å²) in [6.45, 7) is 3.59. The molecular weight excluding hydrogens is 591 g/mol. The molecule has 8 nitrogen and oxygen atoms in total. The Labute approximate surface area is 274 Å². The number of phosphoric acid groups is 1. The lowest BCUT2D eigenvalue weighted by atomic mass is 10.1. The summed E-state index contributed by atoms with van der Waals surface area (Å²) in [4.78, 5) is 42.6. The van der Waals surface area contributed by atoms with E-state index in [0.29, 0.717) is 12.8 Å². The fourth-order valence-electron chi connectivity index (χ4n) is 4.68. The fraction of sp³-hybridized carbons (Fsp3) is 0.778. The van der Waals surface area contributed by atoms with E-state index < -0.39 is 32.5 Å². The van der Waals surface area contributed by atoms with Gasteiger partial charge in [-0.25, -0.2) is 4.57 Å². The zero-order valence-electron chi connectivity index (χ0n) is 28.5. The summed E-state index contributed by atoms with van der Waals surface area (Å²) in [5.41, 5.74) is 0. The van der Waals surface area contributed by atoms with E-state index in [4.69, 9.17) is 19.3 Å². The molecule has 0 saturated carbocycles. The van der Waals surface area contributed by atoms with Gasteiger partial charge >= 0.3 is 19.8 Å². The molecular formula is C36H65O8P. The first-order chi connectivity index (χ1) is 21.8. The van der Waals surface area contributed by atoms with Crippen LogP contribution in [0.3, 0.4) is 0 Å². The van der Waals surface area contributed by atoms with E-state index in [0.717, 1.165) is 77.0 Å². The van der Waals surface area contributed by atoms with Crippen molar-refractivity contribution >= 4 is 19.8 Å². The van der Waals surface area contributed by atoms with Gasteiger partial charge in [0.25, 0.3) is 0 Å². The number of allylic oxidation sites excluding steroid dienone is 6. The summed E-state index contributed by atoms with van der Waals surface area (Å²) in [5, 5.41) is 0. The quantitative estimate of drug-likeness (QED) is 0.0318. The summed E-state index contributed by atoms with van der Waals surface area (Å²) in [6.07, 6.45) is 35.7. The van der Waals surface area contributed by atoms with E-state index in [2.05, 4.69) is 54.8 Å². The van der Waals surface area contributed by atoms with Crippen molar-refractivity contribution in [2.24, 2.45) is 0 Å². The highest BCUT2D eigenvalue weighted by Crippen LogP contribution is 2.35. The zero-order valence-corrected chi connectivity index (χ0v) is 29.4. The van der Waals surface area contributed by atoms with Gasteiger partial charge in [0.2, 0.25) is 0 Å². The number of phosphoric ester groups is 1. The largest absolute Gasteiger partial charge is 0.469 e. The van der Waals surface area contributed by atoms with Gasteiger partial charge < -0.3 is 19.3 Å². The maximum atomic E-state index is 12.3. The Morgan fingerprint density at radius 1 is 0.578 bits per heavy atom. The van der Waals surface area contributed by atoms with Crippen molar-refractivity contribution in [1.82, 2.24) is 0 Å². The Morgan fingerprint density at radius 2 is 1.02 bits per heavy atom. The SMILES string of the molecule is CCCC/C=C\C/C=C\CCCCCCCC(=O)O[C@H](COC(=O)CCCCCCC/C=C\CCCCCC)COP(=O)(O)O. The van der Waals surface area contributed by atoms with Crippen LogP contribution in [0, 0.1) is 0 Å². The van der Waals surface area contributed by atoms with Crippen molar-refractivity contribution in [3.63, 3.8) is 0 Å². The summed E-state index contributed by atoms with van der Waals surface area (Å²) in [5.74, 6) is -0.914. The second kappa shape index (κ2) is 32.2. The number of carbonyl (C=O) groups excluding carboxylic acids is 2. The molecule has 0 saturated heterocycles. The molecule has 0 fully saturated rings. The molecule has 0 aromatic carbocycles. The lowest BCUT2D eigenvalue weighted by Crippen LogP contribution is -2.29. The minimum absolute atomic E-state index is 0.194. The molecule has 0 bridgehead atoms. The van der Waals surface area contributed by atoms with Crippen molar-refractivity contribution < 1.29 is 37.9 Å². The van der Waals surface area contributed by atoms with Crippen LogP contribution in [-0.4, -0.2) is 41.0 Å². The molecule has 0 unspecified atom stereocenters. The summed E-state index contributed by atoms with van der Waals surface area (Å²) in [7, 11) is -4.75. The van der Waals surface area contributed by atoms with Crippen LogP contribution in [-0.2, 0) is 28.2 Å². The molecule has 0 aliphatic carbocycles. The Bertz CT molecular complexity index is 833. The van der Waals surface area contributed by atoms with E-state index in [1.54, 1.807) is 0 Å². The molecule has 45 heavy (non-hydrogen) atoms. The molecule has 0 heterocycles. The van der Waals surface area contributed by atoms with Crippen LogP contribution in [0.5, 0.6) is 0 Å². The predicted molar refractivity (Wildman–Crippen MR) is 184 cm³/mol. The maximum Gasteiger partial charge on any atom is 0.469 e. The highest BCUT2D eigenvalue weighted by Gasteiger charge is 2.22. The zero-order chi connectivity index (χ0) is 33.3. The minimum Gasteiger partial charge on any atom is -0.462 e. The second-order valence-electron chi connectivity index (χ2n) is 11.8. The Morgan fingerprint density at radius 3 is 1.56 bits per heavy atom. The number of rotatable bonds is 32. The highest BCUT2D eigenvalue weighted by molar-refractivity contribution is 7.46. The fourth-order valence-corrected chi connectivity index (χ4v) is 5.04. The van der Waals surface area contributed by atoms with Crippen LogP contribution in [0.15, 0.2) is 36.5 Å². The Hall–Kier alpha value is -1.73. The van der Waals surface area contributed by atoms with Gasteiger partial charge in [0.15, 0.2) is 6.10 Å². The first-order valence-corrected chi connectivity index (χ1v) is 19.3. The van der Waals surface area contributed by atoms with Gasteiger partial charge in [-0.05, 0) is 64.2 Å². The van der Waals surface area contributed by atoms with Gasteiger partial charge in [0, 0.05) is 12.8 Å². The normalized spacial score (nSPS) is 12.9. The molecule has 9 heteroatoms. The average Bonchev–Trinajstić information content (AvgIpc) is 3.00. The van der Waals surface area contributed by atoms with E-state index >= 15 is 0 Å². The number of carbonyl (C=O) groups is 2. The van der Waals surface area contributed by atoms with E-state index in [9.17, 15) is 14.2 Å². The molecule has 0 radical (unpaired) electrons. The molecule has 0 aromatic heterocycles. The molecule has 0 rings (SSSR count). The summed E-state index contributed by atoms with van der Waals surface area (Å²) >= 11 is 0. The number of ether oxygens (including phenoxy) is 2. The third kappa shape index (κ3) is 35.0. The van der Waals surface area contributed by atoms with Crippen molar-refractivity contribution in [1.29, 1.82) is 0 Å². The van der Waals surface area contributed by atoms with Crippen molar-refractivity contribution in [2.75, 3.05) is 13.2 Å². The van der Waals surface area contributed by atoms with Crippen LogP contribution in [0.2, 0.25) is 0 Å². The lowest BCUT2D eigenvalue weighted by Gasteiger charge is -2.18. The third-order valence-corrected chi connectivity index (χ3v) is 7.87. The van der Waals surface area contributed by atoms with Gasteiger partial charge in [-0.2, -0.15) is 0 Å². The molecule has 262 valence electrons. The molecule has 0 aliphatic heterocycles. The second-order valence-corrected chi connectivity index (χ2v) is 13.1. The molecule has 2 N–H and O–H groups in total. The van der Waals surface area contributed by atoms with Gasteiger partial charge in [0.05, 0.1) is 6.61 Å². The highest BCUT2D eigenvalue weighted by atomic mass is 31.2. The predicted octanol–water partition coefficient (Wildman–Crippen LogP) is 10.2. The third-order valence-electron chi connectivity index (χ3n) is 7.38.